The van der Waals surface area contributed by atoms with Crippen LogP contribution in [0.2, 0.25) is 0 Å². The summed E-state index contributed by atoms with van der Waals surface area (Å²) in [5, 5.41) is 24.2. The number of piperidine rings is 1. The van der Waals surface area contributed by atoms with Crippen LogP contribution in [0, 0.1) is 17.8 Å². The smallest absolute Gasteiger partial charge is 0.264 e. The third-order valence-electron chi connectivity index (χ3n) is 15.3. The number of carbonyl (C=O) groups is 6. The second-order valence-corrected chi connectivity index (χ2v) is 21.2. The van der Waals surface area contributed by atoms with E-state index in [9.17, 15) is 33.9 Å². The molecule has 2 aromatic rings. The van der Waals surface area contributed by atoms with E-state index in [0.717, 1.165) is 36.2 Å². The Morgan fingerprint density at radius 1 is 0.986 bits per heavy atom. The number of rotatable bonds is 26. The van der Waals surface area contributed by atoms with Crippen molar-refractivity contribution in [3.63, 3.8) is 0 Å². The highest BCUT2D eigenvalue weighted by molar-refractivity contribution is 7.80. The van der Waals surface area contributed by atoms with E-state index in [1.807, 2.05) is 42.5 Å². The molecule has 1 saturated carbocycles. The van der Waals surface area contributed by atoms with Gasteiger partial charge in [-0.15, -0.1) is 0 Å². The molecule has 7 N–H and O–H groups in total. The Labute approximate surface area is 433 Å². The number of likely N-dealkylation sites (tertiary alicyclic amines) is 1. The minimum absolute atomic E-state index is 0.0723. The lowest BCUT2D eigenvalue weighted by atomic mass is 9.50. The van der Waals surface area contributed by atoms with Crippen molar-refractivity contribution in [3.05, 3.63) is 71.0 Å². The van der Waals surface area contributed by atoms with E-state index >= 15 is 0 Å². The number of unbranched alkanes of at least 4 members (excludes halogenated alkanes) is 1. The Kier molecular flexibility index (Phi) is 18.1. The van der Waals surface area contributed by atoms with Crippen molar-refractivity contribution < 1.29 is 48.1 Å². The van der Waals surface area contributed by atoms with Crippen LogP contribution in [0.3, 0.4) is 0 Å². The van der Waals surface area contributed by atoms with E-state index < -0.39 is 58.9 Å². The zero-order chi connectivity index (χ0) is 51.9. The number of likely N-dealkylation sites (N-methyl/N-ethyl adjacent to an activating group) is 1. The molecule has 5 unspecified atom stereocenters. The molecule has 0 aromatic heterocycles. The Morgan fingerprint density at radius 2 is 1.72 bits per heavy atom. The van der Waals surface area contributed by atoms with Gasteiger partial charge in [-0.25, -0.2) is 0 Å². The average Bonchev–Trinajstić information content (AvgIpc) is 4.10. The predicted octanol–water partition coefficient (Wildman–Crippen LogP) is 3.07. The lowest BCUT2D eigenvalue weighted by molar-refractivity contribution is -0.168. The lowest BCUT2D eigenvalue weighted by Gasteiger charge is -2.62. The first-order valence-corrected chi connectivity index (χ1v) is 26.5. The van der Waals surface area contributed by atoms with Crippen LogP contribution in [0.15, 0.2) is 54.3 Å². The van der Waals surface area contributed by atoms with Gasteiger partial charge in [0.25, 0.3) is 5.17 Å². The van der Waals surface area contributed by atoms with Crippen molar-refractivity contribution in [2.75, 3.05) is 52.6 Å². The van der Waals surface area contributed by atoms with Gasteiger partial charge < -0.3 is 51.2 Å². The lowest BCUT2D eigenvalue weighted by Crippen LogP contribution is -2.75. The number of hydrogen-bond acceptors (Lipinski definition) is 14. The molecule has 7 rings (SSSR count). The van der Waals surface area contributed by atoms with Gasteiger partial charge in [0.15, 0.2) is 29.2 Å². The summed E-state index contributed by atoms with van der Waals surface area (Å²) >= 11 is 10.0. The topological polar surface area (TPSA) is 231 Å². The van der Waals surface area contributed by atoms with Crippen LogP contribution in [0.4, 0.5) is 0 Å². The molecule has 9 atom stereocenters. The van der Waals surface area contributed by atoms with Gasteiger partial charge in [0.1, 0.15) is 5.76 Å². The van der Waals surface area contributed by atoms with Crippen LogP contribution >= 0.6 is 24.8 Å². The molecule has 4 amide bonds. The van der Waals surface area contributed by atoms with E-state index in [2.05, 4.69) is 44.9 Å². The summed E-state index contributed by atoms with van der Waals surface area (Å²) in [6.07, 6.45) is 6.93. The summed E-state index contributed by atoms with van der Waals surface area (Å²) in [5.74, 6) is -1.30. The zero-order valence-corrected chi connectivity index (χ0v) is 43.9. The summed E-state index contributed by atoms with van der Waals surface area (Å²) in [7, 11) is 3.39. The van der Waals surface area contributed by atoms with E-state index in [1.165, 1.54) is 19.8 Å². The number of hydrogen-bond donors (Lipinski definition) is 7. The molecule has 19 heteroatoms. The normalized spacial score (nSPS) is 23.6. The highest BCUT2D eigenvalue weighted by Gasteiger charge is 2.72. The van der Waals surface area contributed by atoms with Gasteiger partial charge in [-0.05, 0) is 99.8 Å². The number of Topliss-reactive ketones (excluding diaryl/α,β-unsaturated/α-hetero) is 2. The van der Waals surface area contributed by atoms with Crippen LogP contribution in [0.1, 0.15) is 95.2 Å². The number of thiocarbonyl (C=S) groups is 1. The molecule has 1 spiro atoms. The van der Waals surface area contributed by atoms with E-state index in [-0.39, 0.29) is 66.3 Å². The second kappa shape index (κ2) is 23.9. The summed E-state index contributed by atoms with van der Waals surface area (Å²) in [5.41, 5.74) is 7.45. The van der Waals surface area contributed by atoms with Crippen molar-refractivity contribution in [2.24, 2.45) is 23.5 Å². The number of benzene rings is 2. The van der Waals surface area contributed by atoms with E-state index in [0.29, 0.717) is 68.2 Å². The Balaban J connectivity index is 0.951. The zero-order valence-electron chi connectivity index (χ0n) is 42.2. The molecule has 72 heavy (non-hydrogen) atoms. The molecule has 17 nitrogen and oxygen atoms in total. The predicted molar refractivity (Wildman–Crippen MR) is 278 cm³/mol. The third-order valence-corrected chi connectivity index (χ3v) is 16.1. The number of amides is 4. The molecule has 392 valence electrons. The summed E-state index contributed by atoms with van der Waals surface area (Å²) < 4.78 is 19.1. The fraction of sp³-hybridized carbons (Fsp3) is 0.604. The van der Waals surface area contributed by atoms with E-state index in [4.69, 9.17) is 32.2 Å². The summed E-state index contributed by atoms with van der Waals surface area (Å²) in [6, 6.07) is 11.0. The quantitative estimate of drug-likeness (QED) is 0.0409. The van der Waals surface area contributed by atoms with Crippen LogP contribution in [0.5, 0.6) is 11.5 Å². The van der Waals surface area contributed by atoms with Crippen molar-refractivity contribution in [1.82, 2.24) is 31.1 Å². The first-order chi connectivity index (χ1) is 34.4. The third kappa shape index (κ3) is 12.1. The minimum atomic E-state index is -1.09. The van der Waals surface area contributed by atoms with Gasteiger partial charge in [0.05, 0.1) is 36.3 Å². The summed E-state index contributed by atoms with van der Waals surface area (Å²) in [6.45, 7) is 6.97. The Morgan fingerprint density at radius 3 is 2.42 bits per heavy atom. The van der Waals surface area contributed by atoms with Crippen LogP contribution in [-0.2, 0) is 51.8 Å². The largest absolute Gasteiger partial charge is 0.493 e. The van der Waals surface area contributed by atoms with Gasteiger partial charge >= 0.3 is 0 Å². The Bertz CT molecular complexity index is 2390. The number of ketones is 2. The van der Waals surface area contributed by atoms with Gasteiger partial charge in [0.2, 0.25) is 23.6 Å². The fourth-order valence-electron chi connectivity index (χ4n) is 11.1. The fourth-order valence-corrected chi connectivity index (χ4v) is 11.6. The second-order valence-electron chi connectivity index (χ2n) is 20.5. The number of carbonyl (C=O) groups excluding carboxylic acids is 6. The van der Waals surface area contributed by atoms with Gasteiger partial charge in [0, 0.05) is 88.6 Å². The molecule has 5 aliphatic rings. The standard InChI is InChI=1S/C53H73N7O10S2/c1-31(25-41(63)39(30-71)58-33(3)61)48(64)57-32(2)40(62)27-37(13-9-10-21-55-50(66)38(54)26-34-11-7-6-8-12-34)49(65)56-22-24-59(4)51(72)69-43-18-19-53(67)44-28-36-16-17-42(68-5)46-45(36)52(53,47(43)70-46)20-23-60(44)29-35-14-15-35/h6-8,11-12,16-18,31-32,35,37-39,44,47,67,71H,9-10,13-15,19-30,54H2,1-5H3,(H,55,66)(H,56,65)(H,57,64)(H,58,61)/t31?,32?,37?,38?,39?,44-,47+,52+,53-/m1/s1. The van der Waals surface area contributed by atoms with Gasteiger partial charge in [-0.2, -0.15) is 12.6 Å². The molecule has 3 aliphatic carbocycles. The molecule has 2 bridgehead atoms. The van der Waals surface area contributed by atoms with Crippen molar-refractivity contribution >= 4 is 65.2 Å². The average molecular weight is 1030 g/mol. The molecule has 2 fully saturated rings. The van der Waals surface area contributed by atoms with Gasteiger partial charge in [-0.3, -0.25) is 33.7 Å². The van der Waals surface area contributed by atoms with Crippen molar-refractivity contribution in [1.29, 1.82) is 0 Å². The number of ether oxygens (including phenoxy) is 3. The number of thiol groups is 1. The molecule has 2 aromatic carbocycles. The molecular weight excluding hydrogens is 959 g/mol. The first-order valence-electron chi connectivity index (χ1n) is 25.5. The maximum atomic E-state index is 13.9. The molecular formula is C53H73N7O10S2. The first kappa shape index (κ1) is 54.7. The maximum absolute atomic E-state index is 13.9. The number of nitrogens with two attached hydrogens (primary N) is 1. The number of nitrogens with one attached hydrogen (secondary N) is 4. The SMILES string of the molecule is COc1ccc2c3c1O[C@H]1C(OC(=S)N(C)CCNC(=O)C(CCCCNC(=O)C(N)Cc4ccccc4)CC(=O)C(C)NC(=O)C(C)CC(=O)C(CS)NC(C)=O)=CC[C@@]4(O)[C@@H](C2)N(CC2CC2)CC[C@]314. The Hall–Kier alpha value is -5.08. The number of aliphatic hydroxyl groups is 1. The highest BCUT2D eigenvalue weighted by Crippen LogP contribution is 2.65. The van der Waals surface area contributed by atoms with Crippen LogP contribution < -0.4 is 36.5 Å². The molecule has 2 aliphatic heterocycles. The molecule has 0 radical (unpaired) electrons. The molecule has 1 saturated heterocycles. The summed E-state index contributed by atoms with van der Waals surface area (Å²) in [4.78, 5) is 82.1. The number of methoxy groups -OCH3 is 1. The van der Waals surface area contributed by atoms with E-state index in [1.54, 1.807) is 32.9 Å². The maximum Gasteiger partial charge on any atom is 0.264 e. The van der Waals surface area contributed by atoms with Crippen LogP contribution in [-0.4, -0.2) is 144 Å². The van der Waals surface area contributed by atoms with Crippen LogP contribution in [0.25, 0.3) is 0 Å². The van der Waals surface area contributed by atoms with Gasteiger partial charge in [-0.1, -0.05) is 49.7 Å². The highest BCUT2D eigenvalue weighted by atomic mass is 32.1. The van der Waals surface area contributed by atoms with Crippen molar-refractivity contribution in [2.45, 2.75) is 133 Å². The van der Waals surface area contributed by atoms with Crippen molar-refractivity contribution in [3.8, 4) is 11.5 Å². The minimum Gasteiger partial charge on any atom is -0.493 e. The molecule has 2 heterocycles. The number of nitrogens with zero attached hydrogens (tertiary/aromatic N) is 2. The monoisotopic (exact) mass is 1030 g/mol.